The van der Waals surface area contributed by atoms with E-state index in [0.29, 0.717) is 4.47 Å². The number of nitrogens with one attached hydrogen (secondary N) is 2. The average Bonchev–Trinajstić information content (AvgIpc) is 2.23. The Balaban J connectivity index is 2.72. The fourth-order valence-corrected chi connectivity index (χ4v) is 2.39. The van der Waals surface area contributed by atoms with Crippen LogP contribution in [0.15, 0.2) is 22.7 Å². The third kappa shape index (κ3) is 4.99. The van der Waals surface area contributed by atoms with E-state index in [4.69, 9.17) is 4.74 Å². The van der Waals surface area contributed by atoms with Gasteiger partial charge in [-0.1, -0.05) is 0 Å². The Bertz CT molecular complexity index is 481. The second-order valence-electron chi connectivity index (χ2n) is 3.12. The standard InChI is InChI=1S/C9H12BrFN2O3S/c1-16-5-4-12-17(14,15)13-9-6-7(11)2-3-8(9)10/h2-3,6,12-13H,4-5H2,1H3. The van der Waals surface area contributed by atoms with Crippen molar-refractivity contribution in [3.63, 3.8) is 0 Å². The molecule has 0 saturated carbocycles. The molecule has 8 heteroatoms. The zero-order valence-corrected chi connectivity index (χ0v) is 11.4. The molecule has 17 heavy (non-hydrogen) atoms. The van der Waals surface area contributed by atoms with Crippen LogP contribution in [0.1, 0.15) is 0 Å². The summed E-state index contributed by atoms with van der Waals surface area (Å²) in [5.74, 6) is -0.525. The van der Waals surface area contributed by atoms with Gasteiger partial charge in [0.15, 0.2) is 0 Å². The molecule has 0 amide bonds. The van der Waals surface area contributed by atoms with Crippen LogP contribution in [0.5, 0.6) is 0 Å². The van der Waals surface area contributed by atoms with E-state index in [0.717, 1.165) is 6.07 Å². The van der Waals surface area contributed by atoms with Crippen LogP contribution in [0.25, 0.3) is 0 Å². The lowest BCUT2D eigenvalue weighted by Gasteiger charge is -2.10. The lowest BCUT2D eigenvalue weighted by Crippen LogP contribution is -2.32. The van der Waals surface area contributed by atoms with Crippen LogP contribution in [-0.2, 0) is 14.9 Å². The molecule has 0 fully saturated rings. The summed E-state index contributed by atoms with van der Waals surface area (Å²) in [7, 11) is -2.26. The summed E-state index contributed by atoms with van der Waals surface area (Å²) in [5, 5.41) is 0. The summed E-state index contributed by atoms with van der Waals surface area (Å²) >= 11 is 3.12. The number of benzene rings is 1. The molecule has 2 N–H and O–H groups in total. The number of anilines is 1. The number of hydrogen-bond donors (Lipinski definition) is 2. The average molecular weight is 327 g/mol. The molecule has 1 aromatic carbocycles. The van der Waals surface area contributed by atoms with E-state index in [9.17, 15) is 12.8 Å². The number of ether oxygens (including phenoxy) is 1. The topological polar surface area (TPSA) is 67.4 Å². The van der Waals surface area contributed by atoms with Gasteiger partial charge in [-0.3, -0.25) is 4.72 Å². The maximum atomic E-state index is 12.9. The van der Waals surface area contributed by atoms with Gasteiger partial charge in [0.05, 0.1) is 12.3 Å². The zero-order valence-electron chi connectivity index (χ0n) is 9.04. The normalized spacial score (nSPS) is 11.5. The van der Waals surface area contributed by atoms with Gasteiger partial charge in [0.1, 0.15) is 5.82 Å². The van der Waals surface area contributed by atoms with Crippen LogP contribution in [0.3, 0.4) is 0 Å². The Morgan fingerprint density at radius 2 is 2.18 bits per heavy atom. The molecule has 0 atom stereocenters. The highest BCUT2D eigenvalue weighted by Gasteiger charge is 2.11. The quantitative estimate of drug-likeness (QED) is 0.778. The van der Waals surface area contributed by atoms with Crippen molar-refractivity contribution in [2.24, 2.45) is 0 Å². The molecular formula is C9H12BrFN2O3S. The van der Waals surface area contributed by atoms with Gasteiger partial charge in [-0.15, -0.1) is 0 Å². The van der Waals surface area contributed by atoms with E-state index in [1.54, 1.807) is 0 Å². The van der Waals surface area contributed by atoms with Gasteiger partial charge in [0, 0.05) is 18.1 Å². The van der Waals surface area contributed by atoms with Gasteiger partial charge >= 0.3 is 0 Å². The first-order valence-corrected chi connectivity index (χ1v) is 6.93. The number of rotatable bonds is 6. The fraction of sp³-hybridized carbons (Fsp3) is 0.333. The summed E-state index contributed by atoms with van der Waals surface area (Å²) in [6.45, 7) is 0.393. The highest BCUT2D eigenvalue weighted by Crippen LogP contribution is 2.23. The molecule has 0 aromatic heterocycles. The second-order valence-corrected chi connectivity index (χ2v) is 5.47. The van der Waals surface area contributed by atoms with Crippen molar-refractivity contribution in [3.05, 3.63) is 28.5 Å². The van der Waals surface area contributed by atoms with Crippen molar-refractivity contribution in [2.45, 2.75) is 0 Å². The Morgan fingerprint density at radius 1 is 1.47 bits per heavy atom. The smallest absolute Gasteiger partial charge is 0.299 e. The Morgan fingerprint density at radius 3 is 2.82 bits per heavy atom. The van der Waals surface area contributed by atoms with E-state index in [-0.39, 0.29) is 18.8 Å². The molecule has 0 unspecified atom stereocenters. The van der Waals surface area contributed by atoms with Crippen LogP contribution in [0.4, 0.5) is 10.1 Å². The molecule has 0 heterocycles. The predicted molar refractivity (Wildman–Crippen MR) is 66.5 cm³/mol. The Hall–Kier alpha value is -0.700. The minimum absolute atomic E-state index is 0.134. The zero-order chi connectivity index (χ0) is 12.9. The van der Waals surface area contributed by atoms with E-state index >= 15 is 0 Å². The van der Waals surface area contributed by atoms with Gasteiger partial charge in [0.2, 0.25) is 0 Å². The van der Waals surface area contributed by atoms with Gasteiger partial charge in [0.25, 0.3) is 10.2 Å². The van der Waals surface area contributed by atoms with E-state index in [2.05, 4.69) is 25.4 Å². The van der Waals surface area contributed by atoms with E-state index in [1.165, 1.54) is 19.2 Å². The largest absolute Gasteiger partial charge is 0.383 e. The molecule has 1 rings (SSSR count). The molecule has 0 aliphatic carbocycles. The summed E-state index contributed by atoms with van der Waals surface area (Å²) in [6, 6.07) is 3.72. The summed E-state index contributed by atoms with van der Waals surface area (Å²) in [4.78, 5) is 0. The second kappa shape index (κ2) is 6.29. The lowest BCUT2D eigenvalue weighted by atomic mass is 10.3. The minimum atomic E-state index is -3.72. The molecule has 0 aliphatic rings. The van der Waals surface area contributed by atoms with Gasteiger partial charge in [-0.2, -0.15) is 13.1 Å². The van der Waals surface area contributed by atoms with Crippen molar-refractivity contribution in [3.8, 4) is 0 Å². The van der Waals surface area contributed by atoms with Gasteiger partial charge in [-0.25, -0.2) is 4.39 Å². The molecule has 0 radical (unpaired) electrons. The SMILES string of the molecule is COCCNS(=O)(=O)Nc1cc(F)ccc1Br. The molecular weight excluding hydrogens is 315 g/mol. The highest BCUT2D eigenvalue weighted by atomic mass is 79.9. The predicted octanol–water partition coefficient (Wildman–Crippen LogP) is 1.48. The van der Waals surface area contributed by atoms with Crippen molar-refractivity contribution in [2.75, 3.05) is 25.0 Å². The highest BCUT2D eigenvalue weighted by molar-refractivity contribution is 9.10. The molecule has 0 bridgehead atoms. The third-order valence-corrected chi connectivity index (χ3v) is 3.54. The van der Waals surface area contributed by atoms with Crippen LogP contribution in [0.2, 0.25) is 0 Å². The van der Waals surface area contributed by atoms with Gasteiger partial charge in [-0.05, 0) is 34.1 Å². The van der Waals surface area contributed by atoms with Gasteiger partial charge < -0.3 is 4.74 Å². The Kier molecular flexibility index (Phi) is 5.31. The van der Waals surface area contributed by atoms with Crippen LogP contribution < -0.4 is 9.44 Å². The third-order valence-electron chi connectivity index (χ3n) is 1.77. The number of hydrogen-bond acceptors (Lipinski definition) is 3. The number of methoxy groups -OCH3 is 1. The molecule has 0 saturated heterocycles. The summed E-state index contributed by atoms with van der Waals surface area (Å²) in [6.07, 6.45) is 0. The van der Waals surface area contributed by atoms with Crippen molar-refractivity contribution < 1.29 is 17.5 Å². The first-order chi connectivity index (χ1) is 7.94. The maximum absolute atomic E-state index is 12.9. The maximum Gasteiger partial charge on any atom is 0.299 e. The summed E-state index contributed by atoms with van der Waals surface area (Å²) in [5.41, 5.74) is 0.134. The molecule has 5 nitrogen and oxygen atoms in total. The first-order valence-electron chi connectivity index (χ1n) is 4.66. The van der Waals surface area contributed by atoms with Crippen molar-refractivity contribution in [1.29, 1.82) is 0 Å². The number of halogens is 2. The lowest BCUT2D eigenvalue weighted by molar-refractivity contribution is 0.204. The van der Waals surface area contributed by atoms with Crippen molar-refractivity contribution >= 4 is 31.8 Å². The van der Waals surface area contributed by atoms with Crippen molar-refractivity contribution in [1.82, 2.24) is 4.72 Å². The fourth-order valence-electron chi connectivity index (χ4n) is 1.03. The van der Waals surface area contributed by atoms with Crippen LogP contribution in [0, 0.1) is 5.82 Å². The Labute approximate surface area is 108 Å². The monoisotopic (exact) mass is 326 g/mol. The molecule has 0 spiro atoms. The molecule has 96 valence electrons. The van der Waals surface area contributed by atoms with Crippen LogP contribution >= 0.6 is 15.9 Å². The molecule has 1 aromatic rings. The van der Waals surface area contributed by atoms with E-state index in [1.807, 2.05) is 0 Å². The van der Waals surface area contributed by atoms with E-state index < -0.39 is 16.0 Å². The molecule has 0 aliphatic heterocycles. The van der Waals surface area contributed by atoms with Crippen LogP contribution in [-0.4, -0.2) is 28.7 Å². The minimum Gasteiger partial charge on any atom is -0.383 e. The summed E-state index contributed by atoms with van der Waals surface area (Å²) < 4.78 is 45.6. The first kappa shape index (κ1) is 14.4.